The van der Waals surface area contributed by atoms with Crippen LogP contribution in [0.5, 0.6) is 0 Å². The summed E-state index contributed by atoms with van der Waals surface area (Å²) in [5, 5.41) is -0.145. The van der Waals surface area contributed by atoms with Crippen molar-refractivity contribution in [3.63, 3.8) is 0 Å². The minimum atomic E-state index is -4.42. The van der Waals surface area contributed by atoms with Crippen LogP contribution in [0.1, 0.15) is 36.3 Å². The number of hydrogen-bond acceptors (Lipinski definition) is 1. The number of rotatable bonds is 2. The largest absolute Gasteiger partial charge is 0.416 e. The molecule has 110 valence electrons. The van der Waals surface area contributed by atoms with Crippen molar-refractivity contribution < 1.29 is 13.2 Å². The van der Waals surface area contributed by atoms with E-state index in [1.807, 2.05) is 18.2 Å². The van der Waals surface area contributed by atoms with E-state index in [0.717, 1.165) is 30.5 Å². The van der Waals surface area contributed by atoms with Gasteiger partial charge in [0.25, 0.3) is 0 Å². The van der Waals surface area contributed by atoms with E-state index in [2.05, 4.69) is 4.98 Å². The van der Waals surface area contributed by atoms with Crippen molar-refractivity contribution in [2.45, 2.75) is 31.4 Å². The van der Waals surface area contributed by atoms with E-state index in [9.17, 15) is 13.2 Å². The normalized spacial score (nSPS) is 15.8. The van der Waals surface area contributed by atoms with Gasteiger partial charge in [-0.25, -0.2) is 4.98 Å². The van der Waals surface area contributed by atoms with E-state index in [4.69, 9.17) is 11.6 Å². The molecule has 0 atom stereocenters. The van der Waals surface area contributed by atoms with Gasteiger partial charge >= 0.3 is 6.18 Å². The Kier molecular flexibility index (Phi) is 3.66. The second kappa shape index (κ2) is 5.34. The first-order valence-corrected chi connectivity index (χ1v) is 7.16. The van der Waals surface area contributed by atoms with Crippen molar-refractivity contribution in [2.24, 2.45) is 0 Å². The highest BCUT2D eigenvalue weighted by Gasteiger charge is 2.31. The Balaban J connectivity index is 2.01. The van der Waals surface area contributed by atoms with Crippen LogP contribution in [0.2, 0.25) is 5.15 Å². The molecule has 1 aromatic carbocycles. The van der Waals surface area contributed by atoms with Gasteiger partial charge in [-0.05, 0) is 42.5 Å². The number of alkyl halides is 3. The average molecular weight is 312 g/mol. The first kappa shape index (κ1) is 14.4. The highest BCUT2D eigenvalue weighted by atomic mass is 35.5. The first-order valence-electron chi connectivity index (χ1n) is 6.78. The minimum Gasteiger partial charge on any atom is -0.236 e. The van der Waals surface area contributed by atoms with Gasteiger partial charge in [0, 0.05) is 5.56 Å². The lowest BCUT2D eigenvalue weighted by atomic mass is 9.79. The zero-order valence-electron chi connectivity index (χ0n) is 11.1. The molecule has 0 aliphatic heterocycles. The van der Waals surface area contributed by atoms with Crippen LogP contribution in [0.15, 0.2) is 36.4 Å². The molecule has 1 heterocycles. The molecule has 1 aliphatic carbocycles. The number of halogens is 4. The topological polar surface area (TPSA) is 12.9 Å². The third-order valence-electron chi connectivity index (χ3n) is 3.88. The predicted molar refractivity (Wildman–Crippen MR) is 76.3 cm³/mol. The summed E-state index contributed by atoms with van der Waals surface area (Å²) < 4.78 is 38.5. The van der Waals surface area contributed by atoms with E-state index < -0.39 is 11.7 Å². The maximum absolute atomic E-state index is 12.8. The molecule has 0 radical (unpaired) electrons. The highest BCUT2D eigenvalue weighted by molar-refractivity contribution is 6.29. The highest BCUT2D eigenvalue weighted by Crippen LogP contribution is 2.38. The Hall–Kier alpha value is -1.55. The Morgan fingerprint density at radius 1 is 1.10 bits per heavy atom. The van der Waals surface area contributed by atoms with Crippen molar-refractivity contribution in [2.75, 3.05) is 0 Å². The predicted octanol–water partition coefficient (Wildman–Crippen LogP) is 5.69. The van der Waals surface area contributed by atoms with Crippen LogP contribution in [0.4, 0.5) is 13.2 Å². The number of benzene rings is 1. The summed E-state index contributed by atoms with van der Waals surface area (Å²) in [5.74, 6) is 0.520. The second-order valence-electron chi connectivity index (χ2n) is 5.31. The summed E-state index contributed by atoms with van der Waals surface area (Å²) >= 11 is 5.74. The maximum Gasteiger partial charge on any atom is 0.416 e. The number of nitrogens with zero attached hydrogens (tertiary/aromatic N) is 1. The van der Waals surface area contributed by atoms with Gasteiger partial charge in [-0.3, -0.25) is 0 Å². The molecule has 21 heavy (non-hydrogen) atoms. The molecule has 0 N–H and O–H groups in total. The van der Waals surface area contributed by atoms with Gasteiger partial charge in [0.1, 0.15) is 5.15 Å². The molecule has 2 aromatic rings. The summed E-state index contributed by atoms with van der Waals surface area (Å²) in [6.45, 7) is 0. The molecule has 1 aromatic heterocycles. The molecule has 5 heteroatoms. The third-order valence-corrected chi connectivity index (χ3v) is 4.07. The van der Waals surface area contributed by atoms with E-state index in [1.165, 1.54) is 6.42 Å². The Bertz CT molecular complexity index is 663. The van der Waals surface area contributed by atoms with Gasteiger partial charge in [-0.2, -0.15) is 13.2 Å². The fourth-order valence-electron chi connectivity index (χ4n) is 2.50. The maximum atomic E-state index is 12.8. The molecule has 3 rings (SSSR count). The van der Waals surface area contributed by atoms with Gasteiger partial charge in [-0.1, -0.05) is 36.2 Å². The van der Waals surface area contributed by atoms with Crippen LogP contribution in [0.3, 0.4) is 0 Å². The van der Waals surface area contributed by atoms with Crippen molar-refractivity contribution in [3.8, 4) is 11.3 Å². The summed E-state index contributed by atoms with van der Waals surface area (Å²) in [7, 11) is 0. The van der Waals surface area contributed by atoms with Gasteiger partial charge in [0.05, 0.1) is 11.3 Å². The SMILES string of the molecule is FC(F)(F)c1cc(Cl)nc(-c2cccc(C3CCC3)c2)c1. The van der Waals surface area contributed by atoms with Crippen LogP contribution in [-0.4, -0.2) is 4.98 Å². The average Bonchev–Trinajstić information content (AvgIpc) is 2.35. The summed E-state index contributed by atoms with van der Waals surface area (Å²) in [6.07, 6.45) is -0.935. The van der Waals surface area contributed by atoms with E-state index >= 15 is 0 Å². The lowest BCUT2D eigenvalue weighted by Gasteiger charge is -2.26. The molecular weight excluding hydrogens is 299 g/mol. The van der Waals surface area contributed by atoms with E-state index in [0.29, 0.717) is 11.5 Å². The van der Waals surface area contributed by atoms with Gasteiger partial charge in [0.15, 0.2) is 0 Å². The van der Waals surface area contributed by atoms with Gasteiger partial charge in [0.2, 0.25) is 0 Å². The van der Waals surface area contributed by atoms with Crippen molar-refractivity contribution >= 4 is 11.6 Å². The molecule has 0 amide bonds. The van der Waals surface area contributed by atoms with Crippen LogP contribution in [0.25, 0.3) is 11.3 Å². The number of pyridine rings is 1. The monoisotopic (exact) mass is 311 g/mol. The number of hydrogen-bond donors (Lipinski definition) is 0. The fourth-order valence-corrected chi connectivity index (χ4v) is 2.71. The van der Waals surface area contributed by atoms with Gasteiger partial charge < -0.3 is 0 Å². The quantitative estimate of drug-likeness (QED) is 0.649. The first-order chi connectivity index (χ1) is 9.93. The van der Waals surface area contributed by atoms with Crippen molar-refractivity contribution in [1.82, 2.24) is 4.98 Å². The molecule has 0 saturated heterocycles. The lowest BCUT2D eigenvalue weighted by molar-refractivity contribution is -0.137. The molecule has 1 nitrogen and oxygen atoms in total. The molecule has 0 spiro atoms. The number of aromatic nitrogens is 1. The molecule has 1 saturated carbocycles. The van der Waals surface area contributed by atoms with E-state index in [1.54, 1.807) is 6.07 Å². The summed E-state index contributed by atoms with van der Waals surface area (Å²) in [6, 6.07) is 9.46. The second-order valence-corrected chi connectivity index (χ2v) is 5.70. The molecule has 1 aliphatic rings. The van der Waals surface area contributed by atoms with Crippen LogP contribution in [0, 0.1) is 0 Å². The Labute approximate surface area is 125 Å². The summed E-state index contributed by atoms with van der Waals surface area (Å²) in [5.41, 5.74) is 1.32. The standard InChI is InChI=1S/C16H13ClF3N/c17-15-9-13(16(18,19)20)8-14(21-15)12-6-2-5-11(7-12)10-3-1-4-10/h2,5-10H,1,3-4H2. The van der Waals surface area contributed by atoms with Crippen LogP contribution >= 0.6 is 11.6 Å². The van der Waals surface area contributed by atoms with Crippen molar-refractivity contribution in [1.29, 1.82) is 0 Å². The van der Waals surface area contributed by atoms with Crippen LogP contribution < -0.4 is 0 Å². The Morgan fingerprint density at radius 3 is 2.48 bits per heavy atom. The van der Waals surface area contributed by atoms with Crippen molar-refractivity contribution in [3.05, 3.63) is 52.7 Å². The summed E-state index contributed by atoms with van der Waals surface area (Å²) in [4.78, 5) is 4.03. The molecule has 0 unspecified atom stereocenters. The van der Waals surface area contributed by atoms with Gasteiger partial charge in [-0.15, -0.1) is 0 Å². The third kappa shape index (κ3) is 3.05. The Morgan fingerprint density at radius 2 is 1.86 bits per heavy atom. The zero-order chi connectivity index (χ0) is 15.0. The molecule has 0 bridgehead atoms. The molecular formula is C16H13ClF3N. The fraction of sp³-hybridized carbons (Fsp3) is 0.312. The van der Waals surface area contributed by atoms with Crippen LogP contribution in [-0.2, 0) is 6.18 Å². The smallest absolute Gasteiger partial charge is 0.236 e. The van der Waals surface area contributed by atoms with E-state index in [-0.39, 0.29) is 10.8 Å². The lowest BCUT2D eigenvalue weighted by Crippen LogP contribution is -2.08. The minimum absolute atomic E-state index is 0.145. The zero-order valence-corrected chi connectivity index (χ0v) is 11.9. The molecule has 1 fully saturated rings.